The molecule has 0 spiro atoms. The standard InChI is InChI=1S/C12H15NO3.ClH/c1-7-10-8(3-4-13-7)5-9(14-2)11-12(10)16-6-15-11;/h5,7,13H,3-4,6H2,1-2H3;1H/t7-;/m0./s1. The Kier molecular flexibility index (Phi) is 3.35. The van der Waals surface area contributed by atoms with Crippen LogP contribution in [0.4, 0.5) is 0 Å². The summed E-state index contributed by atoms with van der Waals surface area (Å²) in [7, 11) is 1.66. The zero-order valence-corrected chi connectivity index (χ0v) is 10.7. The third kappa shape index (κ3) is 1.81. The fraction of sp³-hybridized carbons (Fsp3) is 0.500. The molecule has 94 valence electrons. The molecule has 0 bridgehead atoms. The predicted molar refractivity (Wildman–Crippen MR) is 66.5 cm³/mol. The van der Waals surface area contributed by atoms with Gasteiger partial charge in [-0.1, -0.05) is 0 Å². The Morgan fingerprint density at radius 1 is 1.35 bits per heavy atom. The maximum Gasteiger partial charge on any atom is 0.231 e. The van der Waals surface area contributed by atoms with Gasteiger partial charge in [0, 0.05) is 11.6 Å². The summed E-state index contributed by atoms with van der Waals surface area (Å²) in [6, 6.07) is 2.38. The molecule has 0 unspecified atom stereocenters. The second-order valence-corrected chi connectivity index (χ2v) is 4.14. The SMILES string of the molecule is COc1cc2c(c3c1OCO3)[C@H](C)NCC2.Cl. The highest BCUT2D eigenvalue weighted by Crippen LogP contribution is 2.48. The van der Waals surface area contributed by atoms with Gasteiger partial charge in [0.15, 0.2) is 11.5 Å². The predicted octanol–water partition coefficient (Wildman–Crippen LogP) is 2.05. The molecule has 1 atom stereocenters. The van der Waals surface area contributed by atoms with E-state index in [-0.39, 0.29) is 19.2 Å². The van der Waals surface area contributed by atoms with Crippen LogP contribution in [0.1, 0.15) is 24.1 Å². The number of halogens is 1. The van der Waals surface area contributed by atoms with Crippen LogP contribution >= 0.6 is 12.4 Å². The van der Waals surface area contributed by atoms with Crippen LogP contribution in [0.3, 0.4) is 0 Å². The van der Waals surface area contributed by atoms with E-state index in [0.717, 1.165) is 30.2 Å². The number of methoxy groups -OCH3 is 1. The fourth-order valence-electron chi connectivity index (χ4n) is 2.47. The average molecular weight is 258 g/mol. The van der Waals surface area contributed by atoms with Crippen LogP contribution in [0, 0.1) is 0 Å². The second kappa shape index (κ2) is 4.63. The van der Waals surface area contributed by atoms with Crippen molar-refractivity contribution in [2.75, 3.05) is 20.4 Å². The van der Waals surface area contributed by atoms with E-state index < -0.39 is 0 Å². The Morgan fingerprint density at radius 3 is 2.88 bits per heavy atom. The molecule has 4 nitrogen and oxygen atoms in total. The van der Waals surface area contributed by atoms with Gasteiger partial charge in [0.25, 0.3) is 0 Å². The van der Waals surface area contributed by atoms with Crippen LogP contribution in [0.5, 0.6) is 17.2 Å². The minimum absolute atomic E-state index is 0. The smallest absolute Gasteiger partial charge is 0.231 e. The van der Waals surface area contributed by atoms with E-state index >= 15 is 0 Å². The van der Waals surface area contributed by atoms with E-state index in [1.165, 1.54) is 11.1 Å². The number of fused-ring (bicyclic) bond motifs is 3. The van der Waals surface area contributed by atoms with Crippen molar-refractivity contribution in [3.63, 3.8) is 0 Å². The van der Waals surface area contributed by atoms with E-state index in [4.69, 9.17) is 14.2 Å². The molecule has 0 saturated carbocycles. The fourth-order valence-corrected chi connectivity index (χ4v) is 2.47. The molecule has 2 aliphatic heterocycles. The summed E-state index contributed by atoms with van der Waals surface area (Å²) < 4.78 is 16.4. The van der Waals surface area contributed by atoms with Crippen molar-refractivity contribution in [1.29, 1.82) is 0 Å². The van der Waals surface area contributed by atoms with Crippen LogP contribution in [-0.2, 0) is 6.42 Å². The molecule has 1 N–H and O–H groups in total. The van der Waals surface area contributed by atoms with Gasteiger partial charge < -0.3 is 19.5 Å². The lowest BCUT2D eigenvalue weighted by Crippen LogP contribution is -2.28. The quantitative estimate of drug-likeness (QED) is 0.836. The molecule has 5 heteroatoms. The largest absolute Gasteiger partial charge is 0.493 e. The maximum absolute atomic E-state index is 5.57. The lowest BCUT2D eigenvalue weighted by molar-refractivity contribution is 0.170. The number of ether oxygens (including phenoxy) is 3. The molecule has 0 aromatic heterocycles. The minimum atomic E-state index is 0. The maximum atomic E-state index is 5.57. The summed E-state index contributed by atoms with van der Waals surface area (Å²) in [6.45, 7) is 3.43. The van der Waals surface area contributed by atoms with Crippen molar-refractivity contribution >= 4 is 12.4 Å². The van der Waals surface area contributed by atoms with Gasteiger partial charge in [-0.05, 0) is 31.5 Å². The topological polar surface area (TPSA) is 39.7 Å². The second-order valence-electron chi connectivity index (χ2n) is 4.14. The molecule has 0 aliphatic carbocycles. The molecule has 0 amide bonds. The van der Waals surface area contributed by atoms with Crippen LogP contribution in [0.15, 0.2) is 6.07 Å². The van der Waals surface area contributed by atoms with Crippen LogP contribution in [-0.4, -0.2) is 20.4 Å². The van der Waals surface area contributed by atoms with E-state index in [9.17, 15) is 0 Å². The first kappa shape index (κ1) is 12.3. The summed E-state index contributed by atoms with van der Waals surface area (Å²) in [5.41, 5.74) is 2.52. The van der Waals surface area contributed by atoms with E-state index in [1.807, 2.05) is 0 Å². The van der Waals surface area contributed by atoms with Gasteiger partial charge in [-0.25, -0.2) is 0 Å². The van der Waals surface area contributed by atoms with Gasteiger partial charge in [0.05, 0.1) is 7.11 Å². The number of hydrogen-bond donors (Lipinski definition) is 1. The molecule has 0 fully saturated rings. The van der Waals surface area contributed by atoms with Crippen LogP contribution < -0.4 is 19.5 Å². The Labute approximate surface area is 107 Å². The Hall–Kier alpha value is -1.13. The van der Waals surface area contributed by atoms with E-state index in [1.54, 1.807) is 7.11 Å². The first-order valence-corrected chi connectivity index (χ1v) is 5.54. The first-order valence-electron chi connectivity index (χ1n) is 5.54. The lowest BCUT2D eigenvalue weighted by Gasteiger charge is -2.25. The van der Waals surface area contributed by atoms with Gasteiger partial charge in [-0.2, -0.15) is 0 Å². The Morgan fingerprint density at radius 2 is 2.12 bits per heavy atom. The number of nitrogens with one attached hydrogen (secondary N) is 1. The van der Waals surface area contributed by atoms with E-state index in [2.05, 4.69) is 18.3 Å². The van der Waals surface area contributed by atoms with Crippen molar-refractivity contribution in [2.24, 2.45) is 0 Å². The van der Waals surface area contributed by atoms with Crippen LogP contribution in [0.2, 0.25) is 0 Å². The summed E-state index contributed by atoms with van der Waals surface area (Å²) in [6.07, 6.45) is 1.01. The molecule has 2 aliphatic rings. The van der Waals surface area contributed by atoms with Crippen molar-refractivity contribution in [3.8, 4) is 17.2 Å². The third-order valence-electron chi connectivity index (χ3n) is 3.23. The number of hydrogen-bond acceptors (Lipinski definition) is 4. The average Bonchev–Trinajstić information content (AvgIpc) is 2.76. The van der Waals surface area contributed by atoms with Crippen molar-refractivity contribution in [2.45, 2.75) is 19.4 Å². The van der Waals surface area contributed by atoms with Crippen molar-refractivity contribution in [3.05, 3.63) is 17.2 Å². The highest BCUT2D eigenvalue weighted by atomic mass is 35.5. The molecular formula is C12H16ClNO3. The summed E-state index contributed by atoms with van der Waals surface area (Å²) in [5, 5.41) is 3.43. The molecule has 2 heterocycles. The summed E-state index contributed by atoms with van der Waals surface area (Å²) in [4.78, 5) is 0. The molecule has 0 radical (unpaired) electrons. The van der Waals surface area contributed by atoms with Gasteiger partial charge >= 0.3 is 0 Å². The molecule has 17 heavy (non-hydrogen) atoms. The van der Waals surface area contributed by atoms with Crippen molar-refractivity contribution < 1.29 is 14.2 Å². The Balaban J connectivity index is 0.00000108. The Bertz CT molecular complexity index is 436. The molecular weight excluding hydrogens is 242 g/mol. The van der Waals surface area contributed by atoms with Crippen LogP contribution in [0.25, 0.3) is 0 Å². The van der Waals surface area contributed by atoms with Gasteiger partial charge in [0.1, 0.15) is 0 Å². The van der Waals surface area contributed by atoms with E-state index in [0.29, 0.717) is 6.04 Å². The van der Waals surface area contributed by atoms with Gasteiger partial charge in [-0.15, -0.1) is 12.4 Å². The third-order valence-corrected chi connectivity index (χ3v) is 3.23. The summed E-state index contributed by atoms with van der Waals surface area (Å²) >= 11 is 0. The zero-order valence-electron chi connectivity index (χ0n) is 9.91. The van der Waals surface area contributed by atoms with Crippen molar-refractivity contribution in [1.82, 2.24) is 5.32 Å². The monoisotopic (exact) mass is 257 g/mol. The van der Waals surface area contributed by atoms with Gasteiger partial charge in [-0.3, -0.25) is 0 Å². The normalized spacial score (nSPS) is 20.5. The number of benzene rings is 1. The minimum Gasteiger partial charge on any atom is -0.493 e. The molecule has 1 aromatic rings. The molecule has 3 rings (SSSR count). The first-order chi connectivity index (χ1) is 7.81. The molecule has 0 saturated heterocycles. The highest BCUT2D eigenvalue weighted by molar-refractivity contribution is 5.85. The summed E-state index contributed by atoms with van der Waals surface area (Å²) in [5.74, 6) is 2.38. The van der Waals surface area contributed by atoms with Gasteiger partial charge in [0.2, 0.25) is 12.5 Å². The zero-order chi connectivity index (χ0) is 11.1. The highest BCUT2D eigenvalue weighted by Gasteiger charge is 2.30. The lowest BCUT2D eigenvalue weighted by atomic mass is 9.93. The molecule has 1 aromatic carbocycles. The number of rotatable bonds is 1.